The standard InChI is InChI=1S/C22H26N4O3/c1-17-13-18(2)15-19(14-17)26(7-4-6-23)21(27)16-24-8-10-25(11-9-24)22(28)20-5-3-12-29-20/h3,5,12-15H,4,7-11,16H2,1-2H3. The number of rotatable bonds is 6. The summed E-state index contributed by atoms with van der Waals surface area (Å²) in [7, 11) is 0. The molecule has 1 saturated heterocycles. The molecule has 1 aliphatic rings. The van der Waals surface area contributed by atoms with Crippen molar-refractivity contribution in [1.29, 1.82) is 5.26 Å². The lowest BCUT2D eigenvalue weighted by molar-refractivity contribution is -0.120. The van der Waals surface area contributed by atoms with Gasteiger partial charge in [0.1, 0.15) is 0 Å². The first-order valence-corrected chi connectivity index (χ1v) is 9.78. The largest absolute Gasteiger partial charge is 0.459 e. The van der Waals surface area contributed by atoms with Gasteiger partial charge >= 0.3 is 0 Å². The van der Waals surface area contributed by atoms with Crippen LogP contribution in [0.2, 0.25) is 0 Å². The molecule has 1 fully saturated rings. The average molecular weight is 394 g/mol. The van der Waals surface area contributed by atoms with Crippen molar-refractivity contribution in [2.75, 3.05) is 44.2 Å². The molecule has 152 valence electrons. The van der Waals surface area contributed by atoms with Gasteiger partial charge in [-0.2, -0.15) is 5.26 Å². The minimum absolute atomic E-state index is 0.0314. The lowest BCUT2D eigenvalue weighted by atomic mass is 10.1. The number of furan rings is 1. The maximum Gasteiger partial charge on any atom is 0.289 e. The van der Waals surface area contributed by atoms with Crippen LogP contribution in [0.4, 0.5) is 5.69 Å². The normalized spacial score (nSPS) is 14.4. The third-order valence-corrected chi connectivity index (χ3v) is 5.02. The maximum absolute atomic E-state index is 13.0. The molecule has 0 aliphatic carbocycles. The van der Waals surface area contributed by atoms with E-state index < -0.39 is 0 Å². The number of hydrogen-bond acceptors (Lipinski definition) is 5. The van der Waals surface area contributed by atoms with Crippen molar-refractivity contribution in [3.8, 4) is 6.07 Å². The van der Waals surface area contributed by atoms with Gasteiger partial charge in [-0.25, -0.2) is 0 Å². The molecule has 1 aromatic heterocycles. The predicted molar refractivity (Wildman–Crippen MR) is 110 cm³/mol. The Bertz CT molecular complexity index is 873. The second-order valence-corrected chi connectivity index (χ2v) is 7.35. The molecular formula is C22H26N4O3. The molecule has 2 aromatic rings. The molecule has 0 radical (unpaired) electrons. The van der Waals surface area contributed by atoms with Crippen LogP contribution in [0.1, 0.15) is 28.1 Å². The van der Waals surface area contributed by atoms with Crippen LogP contribution in [-0.2, 0) is 4.79 Å². The van der Waals surface area contributed by atoms with E-state index in [9.17, 15) is 9.59 Å². The van der Waals surface area contributed by atoms with Crippen LogP contribution in [0.25, 0.3) is 0 Å². The fraction of sp³-hybridized carbons (Fsp3) is 0.409. The van der Waals surface area contributed by atoms with Gasteiger partial charge in [0, 0.05) is 38.4 Å². The molecule has 0 saturated carbocycles. The van der Waals surface area contributed by atoms with Gasteiger partial charge in [-0.05, 0) is 49.2 Å². The molecule has 0 unspecified atom stereocenters. The van der Waals surface area contributed by atoms with Crippen LogP contribution < -0.4 is 4.90 Å². The van der Waals surface area contributed by atoms with Crippen LogP contribution in [0.15, 0.2) is 41.0 Å². The van der Waals surface area contributed by atoms with E-state index in [2.05, 4.69) is 17.0 Å². The Morgan fingerprint density at radius 1 is 1.14 bits per heavy atom. The molecule has 0 spiro atoms. The Hall–Kier alpha value is -3.11. The predicted octanol–water partition coefficient (Wildman–Crippen LogP) is 2.60. The van der Waals surface area contributed by atoms with Crippen LogP contribution in [0, 0.1) is 25.2 Å². The second kappa shape index (κ2) is 9.39. The SMILES string of the molecule is Cc1cc(C)cc(N(CCC#N)C(=O)CN2CCN(C(=O)c3ccco3)CC2)c1. The molecule has 7 heteroatoms. The number of nitrogens with zero attached hydrogens (tertiary/aromatic N) is 4. The Morgan fingerprint density at radius 3 is 2.41 bits per heavy atom. The summed E-state index contributed by atoms with van der Waals surface area (Å²) in [5.41, 5.74) is 2.99. The first-order valence-electron chi connectivity index (χ1n) is 9.78. The Labute approximate surface area is 171 Å². The van der Waals surface area contributed by atoms with E-state index in [1.165, 1.54) is 6.26 Å². The molecule has 1 aromatic carbocycles. The van der Waals surface area contributed by atoms with Crippen molar-refractivity contribution in [2.24, 2.45) is 0 Å². The highest BCUT2D eigenvalue weighted by Gasteiger charge is 2.26. The number of hydrogen-bond donors (Lipinski definition) is 0. The van der Waals surface area contributed by atoms with Gasteiger partial charge in [-0.1, -0.05) is 6.07 Å². The van der Waals surface area contributed by atoms with Crippen molar-refractivity contribution < 1.29 is 14.0 Å². The van der Waals surface area contributed by atoms with Crippen LogP contribution >= 0.6 is 0 Å². The van der Waals surface area contributed by atoms with Crippen LogP contribution in [-0.4, -0.2) is 60.9 Å². The molecule has 0 atom stereocenters. The van der Waals surface area contributed by atoms with Gasteiger partial charge in [-0.3, -0.25) is 14.5 Å². The van der Waals surface area contributed by atoms with Gasteiger partial charge in [0.05, 0.1) is 25.3 Å². The molecule has 7 nitrogen and oxygen atoms in total. The fourth-order valence-corrected chi connectivity index (χ4v) is 3.61. The monoisotopic (exact) mass is 394 g/mol. The number of benzene rings is 1. The molecule has 3 rings (SSSR count). The zero-order chi connectivity index (χ0) is 20.8. The zero-order valence-corrected chi connectivity index (χ0v) is 16.9. The van der Waals surface area contributed by atoms with E-state index in [1.807, 2.05) is 26.0 Å². The van der Waals surface area contributed by atoms with Crippen LogP contribution in [0.5, 0.6) is 0 Å². The fourth-order valence-electron chi connectivity index (χ4n) is 3.61. The van der Waals surface area contributed by atoms with Crippen molar-refractivity contribution in [3.63, 3.8) is 0 Å². The number of carbonyl (C=O) groups is 2. The van der Waals surface area contributed by atoms with Gasteiger partial charge in [0.15, 0.2) is 5.76 Å². The van der Waals surface area contributed by atoms with Crippen molar-refractivity contribution in [1.82, 2.24) is 9.80 Å². The summed E-state index contributed by atoms with van der Waals surface area (Å²) in [6, 6.07) is 11.5. The quantitative estimate of drug-likeness (QED) is 0.752. The molecular weight excluding hydrogens is 368 g/mol. The molecule has 2 amide bonds. The third-order valence-electron chi connectivity index (χ3n) is 5.02. The van der Waals surface area contributed by atoms with Gasteiger partial charge < -0.3 is 14.2 Å². The number of nitriles is 1. The first kappa shape index (κ1) is 20.6. The average Bonchev–Trinajstić information content (AvgIpc) is 3.22. The highest BCUT2D eigenvalue weighted by atomic mass is 16.3. The summed E-state index contributed by atoms with van der Waals surface area (Å²) < 4.78 is 5.19. The summed E-state index contributed by atoms with van der Waals surface area (Å²) in [6.07, 6.45) is 1.77. The first-order chi connectivity index (χ1) is 14.0. The van der Waals surface area contributed by atoms with E-state index in [4.69, 9.17) is 9.68 Å². The smallest absolute Gasteiger partial charge is 0.289 e. The number of piperazine rings is 1. The van der Waals surface area contributed by atoms with E-state index in [-0.39, 0.29) is 24.8 Å². The summed E-state index contributed by atoms with van der Waals surface area (Å²) >= 11 is 0. The number of amides is 2. The molecule has 2 heterocycles. The third kappa shape index (κ3) is 5.24. The van der Waals surface area contributed by atoms with Crippen molar-refractivity contribution in [3.05, 3.63) is 53.5 Å². The van der Waals surface area contributed by atoms with Gasteiger partial charge in [0.25, 0.3) is 5.91 Å². The number of aryl methyl sites for hydroxylation is 2. The van der Waals surface area contributed by atoms with Crippen LogP contribution in [0.3, 0.4) is 0 Å². The Kier molecular flexibility index (Phi) is 6.68. The van der Waals surface area contributed by atoms with Gasteiger partial charge in [-0.15, -0.1) is 0 Å². The topological polar surface area (TPSA) is 80.8 Å². The van der Waals surface area contributed by atoms with Gasteiger partial charge in [0.2, 0.25) is 5.91 Å². The van der Waals surface area contributed by atoms with E-state index in [0.717, 1.165) is 16.8 Å². The van der Waals surface area contributed by atoms with Crippen molar-refractivity contribution >= 4 is 17.5 Å². The molecule has 0 bridgehead atoms. The summed E-state index contributed by atoms with van der Waals surface area (Å²) in [4.78, 5) is 30.9. The highest BCUT2D eigenvalue weighted by molar-refractivity contribution is 5.95. The number of carbonyl (C=O) groups excluding carboxylic acids is 2. The van der Waals surface area contributed by atoms with E-state index in [1.54, 1.807) is 21.9 Å². The minimum atomic E-state index is -0.119. The molecule has 1 aliphatic heterocycles. The Balaban J connectivity index is 1.61. The number of anilines is 1. The summed E-state index contributed by atoms with van der Waals surface area (Å²) in [5.74, 6) is 0.190. The second-order valence-electron chi connectivity index (χ2n) is 7.35. The highest BCUT2D eigenvalue weighted by Crippen LogP contribution is 2.20. The summed E-state index contributed by atoms with van der Waals surface area (Å²) in [6.45, 7) is 6.98. The molecule has 29 heavy (non-hydrogen) atoms. The minimum Gasteiger partial charge on any atom is -0.459 e. The summed E-state index contributed by atoms with van der Waals surface area (Å²) in [5, 5.41) is 8.99. The lowest BCUT2D eigenvalue weighted by Gasteiger charge is -2.35. The molecule has 0 N–H and O–H groups in total. The maximum atomic E-state index is 13.0. The Morgan fingerprint density at radius 2 is 1.83 bits per heavy atom. The van der Waals surface area contributed by atoms with E-state index >= 15 is 0 Å². The van der Waals surface area contributed by atoms with Crippen molar-refractivity contribution in [2.45, 2.75) is 20.3 Å². The lowest BCUT2D eigenvalue weighted by Crippen LogP contribution is -2.51. The van der Waals surface area contributed by atoms with E-state index in [0.29, 0.717) is 38.5 Å². The zero-order valence-electron chi connectivity index (χ0n) is 16.9.